The lowest BCUT2D eigenvalue weighted by molar-refractivity contribution is 0.515. The van der Waals surface area contributed by atoms with Crippen LogP contribution in [0.4, 0.5) is 0 Å². The fourth-order valence-electron chi connectivity index (χ4n) is 5.06. The lowest BCUT2D eigenvalue weighted by atomic mass is 9.86. The molecule has 6 aromatic rings. The molecule has 0 radical (unpaired) electrons. The van der Waals surface area contributed by atoms with E-state index in [1.54, 1.807) is 30.3 Å². The van der Waals surface area contributed by atoms with E-state index in [0.29, 0.717) is 45.2 Å². The van der Waals surface area contributed by atoms with Crippen LogP contribution >= 0.6 is 0 Å². The molecular weight excluding hydrogens is 502 g/mol. The van der Waals surface area contributed by atoms with E-state index in [1.165, 1.54) is 0 Å². The molecule has 3 heterocycles. The molecular formula is C32H25N5O3. The zero-order valence-electron chi connectivity index (χ0n) is 21.8. The van der Waals surface area contributed by atoms with Gasteiger partial charge in [0.15, 0.2) is 0 Å². The van der Waals surface area contributed by atoms with Crippen molar-refractivity contribution < 1.29 is 4.42 Å². The molecule has 196 valence electrons. The molecule has 0 saturated heterocycles. The number of benzene rings is 3. The van der Waals surface area contributed by atoms with Crippen LogP contribution in [0.2, 0.25) is 0 Å². The van der Waals surface area contributed by atoms with Gasteiger partial charge in [-0.1, -0.05) is 71.8 Å². The molecule has 4 N–H and O–H groups in total. The molecule has 0 bridgehead atoms. The molecule has 3 aromatic carbocycles. The van der Waals surface area contributed by atoms with Crippen LogP contribution in [0.1, 0.15) is 39.5 Å². The number of nitrogens with zero attached hydrogens (tertiary/aromatic N) is 1. The first-order valence-corrected chi connectivity index (χ1v) is 12.8. The van der Waals surface area contributed by atoms with E-state index in [9.17, 15) is 14.9 Å². The first-order chi connectivity index (χ1) is 19.4. The average molecular weight is 528 g/mol. The first kappa shape index (κ1) is 24.8. The number of aromatic amines is 4. The van der Waals surface area contributed by atoms with Crippen molar-refractivity contribution in [2.45, 2.75) is 19.8 Å². The summed E-state index contributed by atoms with van der Waals surface area (Å²) in [5.74, 6) is -0.0230. The highest BCUT2D eigenvalue weighted by Gasteiger charge is 2.33. The predicted molar refractivity (Wildman–Crippen MR) is 153 cm³/mol. The Kier molecular flexibility index (Phi) is 6.17. The van der Waals surface area contributed by atoms with Gasteiger partial charge in [0.25, 0.3) is 11.1 Å². The summed E-state index contributed by atoms with van der Waals surface area (Å²) in [6.07, 6.45) is 0. The molecule has 6 rings (SSSR count). The lowest BCUT2D eigenvalue weighted by Crippen LogP contribution is -2.19. The summed E-state index contributed by atoms with van der Waals surface area (Å²) in [6.45, 7) is 3.98. The van der Waals surface area contributed by atoms with Crippen molar-refractivity contribution in [1.82, 2.24) is 20.4 Å². The zero-order chi connectivity index (χ0) is 27.8. The summed E-state index contributed by atoms with van der Waals surface area (Å²) in [4.78, 5) is 27.0. The number of nitrogens with one attached hydrogen (secondary N) is 4. The Morgan fingerprint density at radius 1 is 0.675 bits per heavy atom. The van der Waals surface area contributed by atoms with Crippen LogP contribution < -0.4 is 11.1 Å². The zero-order valence-corrected chi connectivity index (χ0v) is 21.8. The van der Waals surface area contributed by atoms with Gasteiger partial charge in [0.1, 0.15) is 11.5 Å². The van der Waals surface area contributed by atoms with Gasteiger partial charge in [0.2, 0.25) is 0 Å². The molecule has 8 heteroatoms. The van der Waals surface area contributed by atoms with Crippen molar-refractivity contribution in [1.29, 1.82) is 5.26 Å². The van der Waals surface area contributed by atoms with Gasteiger partial charge in [0, 0.05) is 5.56 Å². The summed E-state index contributed by atoms with van der Waals surface area (Å²) in [7, 11) is 0. The summed E-state index contributed by atoms with van der Waals surface area (Å²) in [5, 5.41) is 21.1. The molecule has 40 heavy (non-hydrogen) atoms. The number of hydrogen-bond acceptors (Lipinski definition) is 4. The molecule has 0 atom stereocenters. The van der Waals surface area contributed by atoms with Crippen LogP contribution in [0.3, 0.4) is 0 Å². The molecule has 8 nitrogen and oxygen atoms in total. The summed E-state index contributed by atoms with van der Waals surface area (Å²) in [5.41, 5.74) is 5.88. The van der Waals surface area contributed by atoms with Crippen molar-refractivity contribution in [2.75, 3.05) is 0 Å². The largest absolute Gasteiger partial charge is 0.460 e. The summed E-state index contributed by atoms with van der Waals surface area (Å²) < 4.78 is 6.37. The van der Waals surface area contributed by atoms with E-state index in [2.05, 4.69) is 26.5 Å². The molecule has 0 aliphatic rings. The molecule has 0 amide bonds. The van der Waals surface area contributed by atoms with Crippen molar-refractivity contribution in [3.8, 4) is 39.9 Å². The fraction of sp³-hybridized carbons (Fsp3) is 0.0938. The smallest absolute Gasteiger partial charge is 0.268 e. The molecule has 0 aliphatic carbocycles. The van der Waals surface area contributed by atoms with Crippen molar-refractivity contribution in [2.24, 2.45) is 0 Å². The van der Waals surface area contributed by atoms with E-state index in [0.717, 1.165) is 22.3 Å². The van der Waals surface area contributed by atoms with Gasteiger partial charge in [-0.3, -0.25) is 30.0 Å². The summed E-state index contributed by atoms with van der Waals surface area (Å²) in [6, 6.07) is 28.4. The van der Waals surface area contributed by atoms with Gasteiger partial charge < -0.3 is 4.42 Å². The van der Waals surface area contributed by atoms with Gasteiger partial charge in [-0.25, -0.2) is 0 Å². The Bertz CT molecular complexity index is 1880. The highest BCUT2D eigenvalue weighted by atomic mass is 16.3. The van der Waals surface area contributed by atoms with E-state index in [-0.39, 0.29) is 11.1 Å². The third-order valence-electron chi connectivity index (χ3n) is 7.11. The number of furan rings is 1. The molecule has 0 unspecified atom stereocenters. The van der Waals surface area contributed by atoms with Crippen LogP contribution in [-0.2, 0) is 0 Å². The number of aryl methyl sites for hydroxylation is 2. The second kappa shape index (κ2) is 9.97. The Morgan fingerprint density at radius 3 is 1.73 bits per heavy atom. The maximum Gasteiger partial charge on any atom is 0.268 e. The molecule has 0 fully saturated rings. The quantitative estimate of drug-likeness (QED) is 0.212. The van der Waals surface area contributed by atoms with Crippen LogP contribution in [0.15, 0.2) is 98.9 Å². The highest BCUT2D eigenvalue weighted by Crippen LogP contribution is 2.40. The second-order valence-electron chi connectivity index (χ2n) is 9.76. The average Bonchev–Trinajstić information content (AvgIpc) is 3.70. The van der Waals surface area contributed by atoms with Crippen molar-refractivity contribution >= 4 is 0 Å². The lowest BCUT2D eigenvalue weighted by Gasteiger charge is -2.15. The second-order valence-corrected chi connectivity index (χ2v) is 9.76. The Hall–Kier alpha value is -5.55. The topological polar surface area (TPSA) is 134 Å². The van der Waals surface area contributed by atoms with Crippen LogP contribution in [-0.4, -0.2) is 20.4 Å². The van der Waals surface area contributed by atoms with E-state index >= 15 is 0 Å². The van der Waals surface area contributed by atoms with Crippen molar-refractivity contribution in [3.63, 3.8) is 0 Å². The predicted octanol–water partition coefficient (Wildman–Crippen LogP) is 5.98. The van der Waals surface area contributed by atoms with Gasteiger partial charge >= 0.3 is 0 Å². The standard InChI is InChI=1S/C32H25N5O3/c1-18-7-11-20(12-8-18)29-27(31(38)36-34-29)26(25-16-15-24(40-25)23-6-4-3-5-22(23)17-33)28-30(35-37-32(28)39)21-13-9-19(2)10-14-21/h3-16,26H,1-2H3,(H2,34,36,38)(H2,35,37,39). The number of nitriles is 1. The van der Waals surface area contributed by atoms with Gasteiger partial charge in [0.05, 0.1) is 40.1 Å². The highest BCUT2D eigenvalue weighted by molar-refractivity contribution is 5.71. The summed E-state index contributed by atoms with van der Waals surface area (Å²) >= 11 is 0. The van der Waals surface area contributed by atoms with E-state index in [1.807, 2.05) is 68.4 Å². The molecule has 3 aromatic heterocycles. The molecule has 0 spiro atoms. The number of rotatable bonds is 6. The maximum atomic E-state index is 13.5. The normalized spacial score (nSPS) is 11.2. The first-order valence-electron chi connectivity index (χ1n) is 12.8. The minimum Gasteiger partial charge on any atom is -0.460 e. The third kappa shape index (κ3) is 4.29. The van der Waals surface area contributed by atoms with E-state index in [4.69, 9.17) is 4.42 Å². The number of hydrogen-bond donors (Lipinski definition) is 4. The van der Waals surface area contributed by atoms with E-state index < -0.39 is 5.92 Å². The SMILES string of the molecule is Cc1ccc(-c2[nH][nH]c(=O)c2C(c2ccc(-c3ccccc3C#N)o2)c2c(-c3ccc(C)cc3)[nH][nH]c2=O)cc1. The Balaban J connectivity index is 1.61. The van der Waals surface area contributed by atoms with Gasteiger partial charge in [-0.2, -0.15) is 5.26 Å². The number of H-pyrrole nitrogens is 4. The third-order valence-corrected chi connectivity index (χ3v) is 7.11. The van der Waals surface area contributed by atoms with Crippen LogP contribution in [0.5, 0.6) is 0 Å². The Labute approximate surface area is 228 Å². The minimum absolute atomic E-state index is 0.344. The minimum atomic E-state index is -0.874. The van der Waals surface area contributed by atoms with Gasteiger partial charge in [-0.05, 0) is 49.2 Å². The maximum absolute atomic E-state index is 13.5. The van der Waals surface area contributed by atoms with Crippen molar-refractivity contribution in [3.05, 3.63) is 139 Å². The molecule has 0 aliphatic heterocycles. The monoisotopic (exact) mass is 527 g/mol. The van der Waals surface area contributed by atoms with Crippen LogP contribution in [0, 0.1) is 25.2 Å². The fourth-order valence-corrected chi connectivity index (χ4v) is 5.06. The Morgan fingerprint density at radius 2 is 1.20 bits per heavy atom. The van der Waals surface area contributed by atoms with Crippen LogP contribution in [0.25, 0.3) is 33.8 Å². The molecule has 0 saturated carbocycles. The number of aromatic nitrogens is 4. The van der Waals surface area contributed by atoms with Gasteiger partial charge in [-0.15, -0.1) is 0 Å².